The van der Waals surface area contributed by atoms with E-state index >= 15 is 0 Å². The molecular formula is C27H19F3N4O2. The summed E-state index contributed by atoms with van der Waals surface area (Å²) in [5, 5.41) is 4.45. The third-order valence-electron chi connectivity index (χ3n) is 5.80. The maximum Gasteiger partial charge on any atom is 0.416 e. The zero-order valence-electron chi connectivity index (χ0n) is 18.8. The summed E-state index contributed by atoms with van der Waals surface area (Å²) < 4.78 is 38.9. The smallest absolute Gasteiger partial charge is 0.324 e. The minimum Gasteiger partial charge on any atom is -0.324 e. The van der Waals surface area contributed by atoms with Crippen molar-refractivity contribution in [3.63, 3.8) is 0 Å². The summed E-state index contributed by atoms with van der Waals surface area (Å²) in [6, 6.07) is 19.2. The van der Waals surface area contributed by atoms with Crippen molar-refractivity contribution in [2.45, 2.75) is 19.0 Å². The molecule has 0 aliphatic carbocycles. The molecule has 1 amide bonds. The lowest BCUT2D eigenvalue weighted by atomic mass is 10.0. The van der Waals surface area contributed by atoms with Crippen LogP contribution in [0.4, 0.5) is 19.1 Å². The van der Waals surface area contributed by atoms with E-state index in [-0.39, 0.29) is 30.3 Å². The van der Waals surface area contributed by atoms with Gasteiger partial charge in [-0.3, -0.25) is 19.9 Å². The number of rotatable bonds is 6. The summed E-state index contributed by atoms with van der Waals surface area (Å²) in [6.45, 7) is 0. The molecule has 36 heavy (non-hydrogen) atoms. The number of ketones is 1. The topological polar surface area (TPSA) is 87.7 Å². The fourth-order valence-corrected chi connectivity index (χ4v) is 3.99. The SMILES string of the molecule is O=C(Nc1nc2c(C(=O)CCc3cccc(C(F)(F)F)c3)cccc2[nH]1)c1cc2ccccc2cn1. The van der Waals surface area contributed by atoms with Gasteiger partial charge in [-0.2, -0.15) is 13.2 Å². The predicted molar refractivity (Wildman–Crippen MR) is 130 cm³/mol. The molecule has 2 heterocycles. The molecule has 0 fully saturated rings. The van der Waals surface area contributed by atoms with Crippen molar-refractivity contribution in [2.24, 2.45) is 0 Å². The molecule has 0 radical (unpaired) electrons. The van der Waals surface area contributed by atoms with E-state index < -0.39 is 17.6 Å². The fraction of sp³-hybridized carbons (Fsp3) is 0.111. The van der Waals surface area contributed by atoms with Crippen LogP contribution in [0.15, 0.2) is 79.0 Å². The van der Waals surface area contributed by atoms with Crippen LogP contribution in [0, 0.1) is 0 Å². The van der Waals surface area contributed by atoms with Gasteiger partial charge in [0.15, 0.2) is 5.78 Å². The molecule has 0 aliphatic heterocycles. The summed E-state index contributed by atoms with van der Waals surface area (Å²) in [5.41, 5.74) is 1.12. The lowest BCUT2D eigenvalue weighted by Gasteiger charge is -2.08. The molecule has 0 saturated carbocycles. The number of anilines is 1. The second-order valence-corrected chi connectivity index (χ2v) is 8.28. The van der Waals surface area contributed by atoms with Crippen molar-refractivity contribution in [2.75, 3.05) is 5.32 Å². The summed E-state index contributed by atoms with van der Waals surface area (Å²) in [4.78, 5) is 37.2. The molecule has 0 unspecified atom stereocenters. The number of pyridine rings is 1. The second-order valence-electron chi connectivity index (χ2n) is 8.28. The lowest BCUT2D eigenvalue weighted by molar-refractivity contribution is -0.137. The number of aromatic amines is 1. The Hall–Kier alpha value is -4.53. The molecule has 0 bridgehead atoms. The first kappa shape index (κ1) is 23.2. The molecule has 2 aromatic heterocycles. The largest absolute Gasteiger partial charge is 0.416 e. The van der Waals surface area contributed by atoms with E-state index in [4.69, 9.17) is 0 Å². The number of halogens is 3. The van der Waals surface area contributed by atoms with Gasteiger partial charge < -0.3 is 4.98 Å². The average Bonchev–Trinajstić information content (AvgIpc) is 3.29. The maximum absolute atomic E-state index is 13.0. The standard InChI is InChI=1S/C27H19F3N4O2/c28-27(29,30)19-8-3-5-16(13-19)11-12-23(35)20-9-4-10-21-24(20)33-26(32-21)34-25(36)22-14-17-6-1-2-7-18(17)15-31-22/h1-10,13-15H,11-12H2,(H2,32,33,34,36). The molecule has 0 aliphatic rings. The highest BCUT2D eigenvalue weighted by Gasteiger charge is 2.30. The first-order valence-electron chi connectivity index (χ1n) is 11.1. The second kappa shape index (κ2) is 9.26. The fourth-order valence-electron chi connectivity index (χ4n) is 3.99. The number of fused-ring (bicyclic) bond motifs is 2. The zero-order valence-corrected chi connectivity index (χ0v) is 18.8. The van der Waals surface area contributed by atoms with Gasteiger partial charge in [0.2, 0.25) is 5.95 Å². The molecular weight excluding hydrogens is 469 g/mol. The number of hydrogen-bond acceptors (Lipinski definition) is 4. The molecule has 180 valence electrons. The number of aromatic nitrogens is 3. The molecule has 3 aromatic carbocycles. The van der Waals surface area contributed by atoms with E-state index in [1.807, 2.05) is 24.3 Å². The van der Waals surface area contributed by atoms with Crippen molar-refractivity contribution >= 4 is 39.4 Å². The van der Waals surface area contributed by atoms with E-state index in [1.54, 1.807) is 36.5 Å². The normalized spacial score (nSPS) is 11.6. The van der Waals surface area contributed by atoms with Crippen molar-refractivity contribution in [1.29, 1.82) is 0 Å². The molecule has 0 saturated heterocycles. The Balaban J connectivity index is 1.33. The van der Waals surface area contributed by atoms with Crippen LogP contribution in [0.3, 0.4) is 0 Å². The monoisotopic (exact) mass is 488 g/mol. The van der Waals surface area contributed by atoms with Crippen molar-refractivity contribution in [3.8, 4) is 0 Å². The summed E-state index contributed by atoms with van der Waals surface area (Å²) >= 11 is 0. The molecule has 9 heteroatoms. The number of para-hydroxylation sites is 1. The van der Waals surface area contributed by atoms with Crippen LogP contribution in [0.5, 0.6) is 0 Å². The molecule has 2 N–H and O–H groups in total. The number of nitrogens with one attached hydrogen (secondary N) is 2. The number of carbonyl (C=O) groups is 2. The first-order valence-corrected chi connectivity index (χ1v) is 11.1. The quantitative estimate of drug-likeness (QED) is 0.279. The van der Waals surface area contributed by atoms with Crippen LogP contribution in [0.2, 0.25) is 0 Å². The molecule has 0 spiro atoms. The van der Waals surface area contributed by atoms with Gasteiger partial charge in [0.1, 0.15) is 11.2 Å². The van der Waals surface area contributed by atoms with Gasteiger partial charge >= 0.3 is 6.18 Å². The van der Waals surface area contributed by atoms with Gasteiger partial charge in [-0.05, 0) is 41.6 Å². The number of alkyl halides is 3. The number of Topliss-reactive ketones (excluding diaryl/α,β-unsaturated/α-hetero) is 1. The highest BCUT2D eigenvalue weighted by Crippen LogP contribution is 2.30. The van der Waals surface area contributed by atoms with Gasteiger partial charge in [-0.1, -0.05) is 48.5 Å². The number of aryl methyl sites for hydroxylation is 1. The summed E-state index contributed by atoms with van der Waals surface area (Å²) in [7, 11) is 0. The van der Waals surface area contributed by atoms with Gasteiger partial charge in [-0.25, -0.2) is 4.98 Å². The Bertz CT molecular complexity index is 1610. The van der Waals surface area contributed by atoms with Gasteiger partial charge in [0.25, 0.3) is 5.91 Å². The number of amides is 1. The molecule has 6 nitrogen and oxygen atoms in total. The minimum atomic E-state index is -4.44. The third-order valence-corrected chi connectivity index (χ3v) is 5.80. The van der Waals surface area contributed by atoms with Gasteiger partial charge in [-0.15, -0.1) is 0 Å². The average molecular weight is 488 g/mol. The van der Waals surface area contributed by atoms with Crippen molar-refractivity contribution in [3.05, 3.63) is 101 Å². The summed E-state index contributed by atoms with van der Waals surface area (Å²) in [6.07, 6.45) is -2.66. The Labute approximate surface area is 203 Å². The third kappa shape index (κ3) is 4.81. The van der Waals surface area contributed by atoms with Crippen LogP contribution in [-0.4, -0.2) is 26.6 Å². The van der Waals surface area contributed by atoms with E-state index in [0.29, 0.717) is 22.2 Å². The lowest BCUT2D eigenvalue weighted by Crippen LogP contribution is -2.14. The Morgan fingerprint density at radius 3 is 2.50 bits per heavy atom. The van der Waals surface area contributed by atoms with Crippen LogP contribution >= 0.6 is 0 Å². The molecule has 0 atom stereocenters. The number of imidazole rings is 1. The zero-order chi connectivity index (χ0) is 25.3. The van der Waals surface area contributed by atoms with E-state index in [9.17, 15) is 22.8 Å². The van der Waals surface area contributed by atoms with Crippen LogP contribution in [0.1, 0.15) is 38.4 Å². The Morgan fingerprint density at radius 1 is 0.917 bits per heavy atom. The van der Waals surface area contributed by atoms with Crippen molar-refractivity contribution in [1.82, 2.24) is 15.0 Å². The number of carbonyl (C=O) groups excluding carboxylic acids is 2. The number of benzene rings is 3. The van der Waals surface area contributed by atoms with Gasteiger partial charge in [0.05, 0.1) is 11.1 Å². The molecule has 5 aromatic rings. The highest BCUT2D eigenvalue weighted by molar-refractivity contribution is 6.08. The van der Waals surface area contributed by atoms with Crippen LogP contribution < -0.4 is 5.32 Å². The predicted octanol–water partition coefficient (Wildman–Crippen LogP) is 6.20. The van der Waals surface area contributed by atoms with Crippen LogP contribution in [0.25, 0.3) is 21.8 Å². The number of hydrogen-bond donors (Lipinski definition) is 2. The maximum atomic E-state index is 13.0. The van der Waals surface area contributed by atoms with E-state index in [0.717, 1.165) is 22.9 Å². The van der Waals surface area contributed by atoms with Gasteiger partial charge in [0, 0.05) is 23.6 Å². The van der Waals surface area contributed by atoms with E-state index in [2.05, 4.69) is 20.3 Å². The number of H-pyrrole nitrogens is 1. The van der Waals surface area contributed by atoms with Crippen LogP contribution in [-0.2, 0) is 12.6 Å². The molecule has 5 rings (SSSR count). The van der Waals surface area contributed by atoms with E-state index in [1.165, 1.54) is 6.07 Å². The highest BCUT2D eigenvalue weighted by atomic mass is 19.4. The Morgan fingerprint density at radius 2 is 1.69 bits per heavy atom. The first-order chi connectivity index (χ1) is 17.3. The Kier molecular flexibility index (Phi) is 5.97. The van der Waals surface area contributed by atoms with Crippen molar-refractivity contribution < 1.29 is 22.8 Å². The summed E-state index contributed by atoms with van der Waals surface area (Å²) in [5.74, 6) is -0.570. The minimum absolute atomic E-state index is 0.00991. The number of nitrogens with zero attached hydrogens (tertiary/aromatic N) is 2.